The Balaban J connectivity index is 1.54. The zero-order valence-corrected chi connectivity index (χ0v) is 18.2. The maximum Gasteiger partial charge on any atom is 0.228 e. The SMILES string of the molecule is O=C(Cc1ccccc1Cl)Nc1cc(Br)ccc1OCCNC1CCCCC1. The molecule has 3 rings (SSSR count). The summed E-state index contributed by atoms with van der Waals surface area (Å²) in [4.78, 5) is 12.5. The van der Waals surface area contributed by atoms with Crippen LogP contribution in [0.15, 0.2) is 46.9 Å². The van der Waals surface area contributed by atoms with E-state index in [0.717, 1.165) is 16.6 Å². The van der Waals surface area contributed by atoms with Gasteiger partial charge in [0.1, 0.15) is 12.4 Å². The molecule has 0 aliphatic heterocycles. The number of ether oxygens (including phenoxy) is 1. The summed E-state index contributed by atoms with van der Waals surface area (Å²) < 4.78 is 6.82. The molecule has 0 heterocycles. The third kappa shape index (κ3) is 6.50. The zero-order chi connectivity index (χ0) is 19.8. The van der Waals surface area contributed by atoms with E-state index < -0.39 is 0 Å². The molecule has 1 aliphatic rings. The van der Waals surface area contributed by atoms with Crippen LogP contribution in [0.3, 0.4) is 0 Å². The van der Waals surface area contributed by atoms with E-state index in [9.17, 15) is 4.79 Å². The van der Waals surface area contributed by atoms with E-state index in [-0.39, 0.29) is 12.3 Å². The molecule has 0 aromatic heterocycles. The van der Waals surface area contributed by atoms with Crippen LogP contribution >= 0.6 is 27.5 Å². The number of hydrogen-bond acceptors (Lipinski definition) is 3. The van der Waals surface area contributed by atoms with Gasteiger partial charge in [0.15, 0.2) is 0 Å². The fraction of sp³-hybridized carbons (Fsp3) is 0.409. The molecule has 0 bridgehead atoms. The topological polar surface area (TPSA) is 50.4 Å². The van der Waals surface area contributed by atoms with Gasteiger partial charge in [0, 0.05) is 22.1 Å². The monoisotopic (exact) mass is 464 g/mol. The Morgan fingerprint density at radius 3 is 2.71 bits per heavy atom. The van der Waals surface area contributed by atoms with Gasteiger partial charge in [0.25, 0.3) is 0 Å². The number of nitrogens with one attached hydrogen (secondary N) is 2. The second-order valence-corrected chi connectivity index (χ2v) is 8.42. The number of hydrogen-bond donors (Lipinski definition) is 2. The van der Waals surface area contributed by atoms with Gasteiger partial charge in [0.2, 0.25) is 5.91 Å². The molecule has 2 N–H and O–H groups in total. The van der Waals surface area contributed by atoms with E-state index >= 15 is 0 Å². The molecule has 1 amide bonds. The minimum Gasteiger partial charge on any atom is -0.490 e. The van der Waals surface area contributed by atoms with Crippen molar-refractivity contribution in [3.05, 3.63) is 57.5 Å². The molecular formula is C22H26BrClN2O2. The Morgan fingerprint density at radius 2 is 1.93 bits per heavy atom. The summed E-state index contributed by atoms with van der Waals surface area (Å²) >= 11 is 9.62. The average molecular weight is 466 g/mol. The fourth-order valence-corrected chi connectivity index (χ4v) is 4.03. The third-order valence-electron chi connectivity index (χ3n) is 4.92. The molecular weight excluding hydrogens is 440 g/mol. The summed E-state index contributed by atoms with van der Waals surface area (Å²) in [5.74, 6) is 0.539. The summed E-state index contributed by atoms with van der Waals surface area (Å²) in [5.41, 5.74) is 1.46. The van der Waals surface area contributed by atoms with Crippen molar-refractivity contribution >= 4 is 39.1 Å². The number of carbonyl (C=O) groups is 1. The first-order chi connectivity index (χ1) is 13.6. The fourth-order valence-electron chi connectivity index (χ4n) is 3.47. The highest BCUT2D eigenvalue weighted by molar-refractivity contribution is 9.10. The third-order valence-corrected chi connectivity index (χ3v) is 5.78. The average Bonchev–Trinajstić information content (AvgIpc) is 2.69. The van der Waals surface area contributed by atoms with Gasteiger partial charge in [-0.3, -0.25) is 4.79 Å². The summed E-state index contributed by atoms with van der Waals surface area (Å²) in [6.07, 6.45) is 6.70. The van der Waals surface area contributed by atoms with Crippen LogP contribution in [0.25, 0.3) is 0 Å². The molecule has 1 saturated carbocycles. The van der Waals surface area contributed by atoms with Crippen molar-refractivity contribution in [2.24, 2.45) is 0 Å². The number of halogens is 2. The van der Waals surface area contributed by atoms with Crippen molar-refractivity contribution in [3.63, 3.8) is 0 Å². The van der Waals surface area contributed by atoms with E-state index in [4.69, 9.17) is 16.3 Å². The van der Waals surface area contributed by atoms with Crippen molar-refractivity contribution in [2.75, 3.05) is 18.5 Å². The first-order valence-corrected chi connectivity index (χ1v) is 11.0. The first kappa shape index (κ1) is 21.2. The van der Waals surface area contributed by atoms with Gasteiger partial charge in [-0.1, -0.05) is 65.0 Å². The predicted octanol–water partition coefficient (Wildman–Crippen LogP) is 5.58. The molecule has 2 aromatic carbocycles. The van der Waals surface area contributed by atoms with Crippen molar-refractivity contribution in [2.45, 2.75) is 44.6 Å². The molecule has 0 saturated heterocycles. The van der Waals surface area contributed by atoms with Crippen LogP contribution in [0, 0.1) is 0 Å². The number of benzene rings is 2. The van der Waals surface area contributed by atoms with E-state index in [0.29, 0.717) is 29.1 Å². The molecule has 1 aliphatic carbocycles. The van der Waals surface area contributed by atoms with Crippen LogP contribution < -0.4 is 15.4 Å². The van der Waals surface area contributed by atoms with Crippen LogP contribution in [-0.4, -0.2) is 25.1 Å². The summed E-state index contributed by atoms with van der Waals surface area (Å²) in [7, 11) is 0. The molecule has 0 atom stereocenters. The van der Waals surface area contributed by atoms with E-state index in [2.05, 4.69) is 26.6 Å². The lowest BCUT2D eigenvalue weighted by molar-refractivity contribution is -0.115. The van der Waals surface area contributed by atoms with Gasteiger partial charge in [-0.25, -0.2) is 0 Å². The lowest BCUT2D eigenvalue weighted by atomic mass is 9.96. The Labute approximate surface area is 180 Å². The normalized spacial score (nSPS) is 14.6. The van der Waals surface area contributed by atoms with Crippen LogP contribution in [0.1, 0.15) is 37.7 Å². The zero-order valence-electron chi connectivity index (χ0n) is 15.8. The molecule has 0 unspecified atom stereocenters. The van der Waals surface area contributed by atoms with Crippen LogP contribution in [0.2, 0.25) is 5.02 Å². The molecule has 4 nitrogen and oxygen atoms in total. The number of rotatable bonds is 8. The van der Waals surface area contributed by atoms with Gasteiger partial charge < -0.3 is 15.4 Å². The molecule has 2 aromatic rings. The minimum absolute atomic E-state index is 0.128. The van der Waals surface area contributed by atoms with Gasteiger partial charge in [-0.15, -0.1) is 0 Å². The number of carbonyl (C=O) groups excluding carboxylic acids is 1. The standard InChI is InChI=1S/C22H26BrClN2O2/c23-17-10-11-21(28-13-12-25-18-7-2-1-3-8-18)20(15-17)26-22(27)14-16-6-4-5-9-19(16)24/h4-6,9-11,15,18,25H,1-3,7-8,12-14H2,(H,26,27). The van der Waals surface area contributed by atoms with Crippen LogP contribution in [0.5, 0.6) is 5.75 Å². The lowest BCUT2D eigenvalue weighted by Gasteiger charge is -2.23. The minimum atomic E-state index is -0.128. The molecule has 28 heavy (non-hydrogen) atoms. The highest BCUT2D eigenvalue weighted by Gasteiger charge is 2.13. The van der Waals surface area contributed by atoms with Gasteiger partial charge in [-0.05, 0) is 42.7 Å². The number of anilines is 1. The van der Waals surface area contributed by atoms with Crippen molar-refractivity contribution < 1.29 is 9.53 Å². The van der Waals surface area contributed by atoms with E-state index in [1.165, 1.54) is 32.1 Å². The predicted molar refractivity (Wildman–Crippen MR) is 118 cm³/mol. The van der Waals surface area contributed by atoms with Gasteiger partial charge in [0.05, 0.1) is 12.1 Å². The second-order valence-electron chi connectivity index (χ2n) is 7.09. The Hall–Kier alpha value is -1.56. The quantitative estimate of drug-likeness (QED) is 0.500. The van der Waals surface area contributed by atoms with Crippen molar-refractivity contribution in [1.29, 1.82) is 0 Å². The highest BCUT2D eigenvalue weighted by atomic mass is 79.9. The van der Waals surface area contributed by atoms with Crippen molar-refractivity contribution in [3.8, 4) is 5.75 Å². The summed E-state index contributed by atoms with van der Waals surface area (Å²) in [6, 6.07) is 13.6. The van der Waals surface area contributed by atoms with E-state index in [1.807, 2.05) is 36.4 Å². The molecule has 150 valence electrons. The first-order valence-electron chi connectivity index (χ1n) is 9.81. The molecule has 0 radical (unpaired) electrons. The highest BCUT2D eigenvalue weighted by Crippen LogP contribution is 2.29. The summed E-state index contributed by atoms with van der Waals surface area (Å²) in [6.45, 7) is 1.36. The van der Waals surface area contributed by atoms with Crippen LogP contribution in [0.4, 0.5) is 5.69 Å². The maximum atomic E-state index is 12.5. The van der Waals surface area contributed by atoms with Crippen LogP contribution in [-0.2, 0) is 11.2 Å². The Bertz CT molecular complexity index is 794. The van der Waals surface area contributed by atoms with Gasteiger partial charge in [-0.2, -0.15) is 0 Å². The Morgan fingerprint density at radius 1 is 1.14 bits per heavy atom. The van der Waals surface area contributed by atoms with Gasteiger partial charge >= 0.3 is 0 Å². The largest absolute Gasteiger partial charge is 0.490 e. The maximum absolute atomic E-state index is 12.5. The molecule has 0 spiro atoms. The van der Waals surface area contributed by atoms with Crippen molar-refractivity contribution in [1.82, 2.24) is 5.32 Å². The summed E-state index contributed by atoms with van der Waals surface area (Å²) in [5, 5.41) is 7.11. The second kappa shape index (κ2) is 10.8. The lowest BCUT2D eigenvalue weighted by Crippen LogP contribution is -2.34. The molecule has 6 heteroatoms. The molecule has 1 fully saturated rings. The van der Waals surface area contributed by atoms with E-state index in [1.54, 1.807) is 6.07 Å². The Kier molecular flexibility index (Phi) is 8.19. The number of amides is 1. The smallest absolute Gasteiger partial charge is 0.228 e.